The Morgan fingerprint density at radius 2 is 2.06 bits per heavy atom. The minimum Gasteiger partial charge on any atom is -0.378 e. The smallest absolute Gasteiger partial charge is 0.274 e. The average Bonchev–Trinajstić information content (AvgIpc) is 3.11. The number of hydrogen-bond acceptors (Lipinski definition) is 4. The van der Waals surface area contributed by atoms with Crippen LogP contribution in [-0.4, -0.2) is 52.9 Å². The fourth-order valence-corrected chi connectivity index (χ4v) is 4.38. The van der Waals surface area contributed by atoms with Gasteiger partial charge in [-0.3, -0.25) is 9.48 Å². The van der Waals surface area contributed by atoms with E-state index in [2.05, 4.69) is 19.2 Å². The summed E-state index contributed by atoms with van der Waals surface area (Å²) in [6, 6.07) is 3.58. The third kappa shape index (κ3) is 4.96. The Balaban J connectivity index is 1.53. The van der Waals surface area contributed by atoms with Crippen LogP contribution in [0, 0.1) is 17.6 Å². The van der Waals surface area contributed by atoms with Crippen LogP contribution < -0.4 is 5.32 Å². The number of rotatable bonds is 6. The summed E-state index contributed by atoms with van der Waals surface area (Å²) >= 11 is 0. The predicted octanol–water partition coefficient (Wildman–Crippen LogP) is 2.94. The van der Waals surface area contributed by atoms with Crippen molar-refractivity contribution < 1.29 is 18.3 Å². The first-order valence-electron chi connectivity index (χ1n) is 11.0. The fraction of sp³-hybridized carbons (Fsp3) is 0.565. The second kappa shape index (κ2) is 9.44. The normalized spacial score (nSPS) is 19.0. The standard InChI is InChI=1S/C23H30F2N4O2/c1-15(2)14-29-21-6-4-18(26-13-16-11-17(24)3-5-20(16)25)12-19(21)22(27-29)23(30)28-7-9-31-10-8-28/h3,5,11,15,18,26H,4,6-10,12-14H2,1-2H3/t18-/m1/s1. The van der Waals surface area contributed by atoms with E-state index >= 15 is 0 Å². The van der Waals surface area contributed by atoms with Crippen LogP contribution in [0.2, 0.25) is 0 Å². The quantitative estimate of drug-likeness (QED) is 0.763. The largest absolute Gasteiger partial charge is 0.378 e. The Hall–Kier alpha value is -2.32. The van der Waals surface area contributed by atoms with Gasteiger partial charge in [0.15, 0.2) is 5.69 Å². The lowest BCUT2D eigenvalue weighted by atomic mass is 9.90. The van der Waals surface area contributed by atoms with Gasteiger partial charge < -0.3 is 15.0 Å². The second-order valence-corrected chi connectivity index (χ2v) is 8.81. The topological polar surface area (TPSA) is 59.4 Å². The molecule has 0 saturated carbocycles. The molecule has 31 heavy (non-hydrogen) atoms. The zero-order valence-electron chi connectivity index (χ0n) is 18.2. The summed E-state index contributed by atoms with van der Waals surface area (Å²) in [4.78, 5) is 15.0. The molecule has 6 nitrogen and oxygen atoms in total. The maximum atomic E-state index is 14.0. The summed E-state index contributed by atoms with van der Waals surface area (Å²) in [6.07, 6.45) is 2.31. The van der Waals surface area contributed by atoms with Gasteiger partial charge in [-0.15, -0.1) is 0 Å². The van der Waals surface area contributed by atoms with Gasteiger partial charge in [-0.1, -0.05) is 13.8 Å². The Morgan fingerprint density at radius 3 is 2.81 bits per heavy atom. The lowest BCUT2D eigenvalue weighted by molar-refractivity contribution is 0.0297. The third-order valence-corrected chi connectivity index (χ3v) is 5.97. The zero-order chi connectivity index (χ0) is 22.0. The molecule has 8 heteroatoms. The fourth-order valence-electron chi connectivity index (χ4n) is 4.38. The Morgan fingerprint density at radius 1 is 1.29 bits per heavy atom. The van der Waals surface area contributed by atoms with Gasteiger partial charge in [-0.25, -0.2) is 8.78 Å². The van der Waals surface area contributed by atoms with E-state index in [0.717, 1.165) is 42.8 Å². The third-order valence-electron chi connectivity index (χ3n) is 5.97. The number of hydrogen-bond donors (Lipinski definition) is 1. The van der Waals surface area contributed by atoms with Crippen molar-refractivity contribution in [3.8, 4) is 0 Å². The molecule has 1 aliphatic heterocycles. The van der Waals surface area contributed by atoms with Crippen LogP contribution in [0.3, 0.4) is 0 Å². The van der Waals surface area contributed by atoms with Crippen LogP contribution in [0.15, 0.2) is 18.2 Å². The molecular weight excluding hydrogens is 402 g/mol. The van der Waals surface area contributed by atoms with Gasteiger partial charge in [0.2, 0.25) is 0 Å². The molecule has 0 spiro atoms. The van der Waals surface area contributed by atoms with Gasteiger partial charge >= 0.3 is 0 Å². The van der Waals surface area contributed by atoms with Gasteiger partial charge in [0, 0.05) is 49.0 Å². The second-order valence-electron chi connectivity index (χ2n) is 8.81. The molecule has 1 aromatic carbocycles. The highest BCUT2D eigenvalue weighted by Gasteiger charge is 2.31. The first-order chi connectivity index (χ1) is 14.9. The van der Waals surface area contributed by atoms with E-state index in [9.17, 15) is 13.6 Å². The molecule has 168 valence electrons. The highest BCUT2D eigenvalue weighted by molar-refractivity contribution is 5.94. The Bertz CT molecular complexity index is 938. The number of fused-ring (bicyclic) bond motifs is 1. The van der Waals surface area contributed by atoms with Crippen LogP contribution in [-0.2, 0) is 30.7 Å². The molecule has 1 aliphatic carbocycles. The number of morpholine rings is 1. The van der Waals surface area contributed by atoms with E-state index in [1.165, 1.54) is 6.07 Å². The van der Waals surface area contributed by atoms with E-state index in [1.54, 1.807) is 0 Å². The number of amides is 1. The molecule has 0 bridgehead atoms. The summed E-state index contributed by atoms with van der Waals surface area (Å²) in [5.41, 5.74) is 2.95. The monoisotopic (exact) mass is 432 g/mol. The summed E-state index contributed by atoms with van der Waals surface area (Å²) in [5.74, 6) is -0.489. The van der Waals surface area contributed by atoms with Crippen molar-refractivity contribution in [2.24, 2.45) is 5.92 Å². The van der Waals surface area contributed by atoms with Crippen molar-refractivity contribution in [2.75, 3.05) is 26.3 Å². The minimum absolute atomic E-state index is 0.0427. The molecule has 2 aromatic rings. The van der Waals surface area contributed by atoms with E-state index < -0.39 is 11.6 Å². The lowest BCUT2D eigenvalue weighted by Crippen LogP contribution is -2.41. The molecule has 1 aromatic heterocycles. The Kier molecular flexibility index (Phi) is 6.67. The first-order valence-corrected chi connectivity index (χ1v) is 11.0. The van der Waals surface area contributed by atoms with Gasteiger partial charge in [0.25, 0.3) is 5.91 Å². The van der Waals surface area contributed by atoms with Crippen molar-refractivity contribution in [3.63, 3.8) is 0 Å². The number of carbonyl (C=O) groups is 1. The highest BCUT2D eigenvalue weighted by Crippen LogP contribution is 2.27. The number of carbonyl (C=O) groups excluding carboxylic acids is 1. The maximum Gasteiger partial charge on any atom is 0.274 e. The average molecular weight is 433 g/mol. The van der Waals surface area contributed by atoms with Crippen LogP contribution in [0.25, 0.3) is 0 Å². The Labute approximate surface area is 181 Å². The number of nitrogens with one attached hydrogen (secondary N) is 1. The number of halogens is 2. The van der Waals surface area contributed by atoms with E-state index in [-0.39, 0.29) is 18.5 Å². The molecule has 1 amide bonds. The van der Waals surface area contributed by atoms with Crippen LogP contribution in [0.5, 0.6) is 0 Å². The van der Waals surface area contributed by atoms with Crippen LogP contribution >= 0.6 is 0 Å². The molecule has 1 saturated heterocycles. The van der Waals surface area contributed by atoms with Crippen molar-refractivity contribution in [3.05, 3.63) is 52.3 Å². The molecule has 0 radical (unpaired) electrons. The number of nitrogens with zero attached hydrogens (tertiary/aromatic N) is 3. The number of aromatic nitrogens is 2. The highest BCUT2D eigenvalue weighted by atomic mass is 19.1. The number of ether oxygens (including phenoxy) is 1. The van der Waals surface area contributed by atoms with Crippen molar-refractivity contribution in [1.82, 2.24) is 20.0 Å². The SMILES string of the molecule is CC(C)Cn1nc(C(=O)N2CCOCC2)c2c1CC[C@@H](NCc1cc(F)ccc1F)C2. The van der Waals surface area contributed by atoms with Crippen LogP contribution in [0.1, 0.15) is 47.6 Å². The minimum atomic E-state index is -0.447. The van der Waals surface area contributed by atoms with Crippen molar-refractivity contribution >= 4 is 5.91 Å². The van der Waals surface area contributed by atoms with Gasteiger partial charge in [0.1, 0.15) is 11.6 Å². The van der Waals surface area contributed by atoms with Gasteiger partial charge in [-0.2, -0.15) is 5.10 Å². The van der Waals surface area contributed by atoms with Gasteiger partial charge in [0.05, 0.1) is 13.2 Å². The first kappa shape index (κ1) is 21.9. The molecular formula is C23H30F2N4O2. The van der Waals surface area contributed by atoms with E-state index in [1.807, 2.05) is 9.58 Å². The predicted molar refractivity (Wildman–Crippen MR) is 113 cm³/mol. The van der Waals surface area contributed by atoms with Crippen molar-refractivity contribution in [2.45, 2.75) is 52.2 Å². The molecule has 0 unspecified atom stereocenters. The maximum absolute atomic E-state index is 14.0. The van der Waals surface area contributed by atoms with Crippen molar-refractivity contribution in [1.29, 1.82) is 0 Å². The molecule has 4 rings (SSSR count). The molecule has 1 fully saturated rings. The van der Waals surface area contributed by atoms with Crippen LogP contribution in [0.4, 0.5) is 8.78 Å². The summed E-state index contributed by atoms with van der Waals surface area (Å²) in [5, 5.41) is 8.09. The molecule has 2 aliphatic rings. The molecule has 2 heterocycles. The zero-order valence-corrected chi connectivity index (χ0v) is 18.2. The van der Waals surface area contributed by atoms with Gasteiger partial charge in [-0.05, 0) is 43.4 Å². The number of benzene rings is 1. The van der Waals surface area contributed by atoms with E-state index in [0.29, 0.717) is 49.9 Å². The summed E-state index contributed by atoms with van der Waals surface area (Å²) in [7, 11) is 0. The van der Waals surface area contributed by atoms with E-state index in [4.69, 9.17) is 9.84 Å². The molecule has 1 N–H and O–H groups in total. The lowest BCUT2D eigenvalue weighted by Gasteiger charge is -2.28. The molecule has 1 atom stereocenters. The summed E-state index contributed by atoms with van der Waals surface area (Å²) < 4.78 is 34.8. The summed E-state index contributed by atoms with van der Waals surface area (Å²) in [6.45, 7) is 7.53.